The van der Waals surface area contributed by atoms with Crippen LogP contribution in [0.4, 0.5) is 0 Å². The van der Waals surface area contributed by atoms with E-state index in [4.69, 9.17) is 20.4 Å². The van der Waals surface area contributed by atoms with E-state index in [1.54, 1.807) is 31.4 Å². The molecular formula is C14H13BrN2O3. The lowest BCUT2D eigenvalue weighted by Gasteiger charge is -2.12. The van der Waals surface area contributed by atoms with E-state index in [1.807, 2.05) is 18.2 Å². The minimum atomic E-state index is -0.0300. The summed E-state index contributed by atoms with van der Waals surface area (Å²) in [6.45, 7) is 0. The highest BCUT2D eigenvalue weighted by Gasteiger charge is 2.11. The summed E-state index contributed by atoms with van der Waals surface area (Å²) in [7, 11) is 1.56. The van der Waals surface area contributed by atoms with Crippen molar-refractivity contribution >= 4 is 21.8 Å². The first-order chi connectivity index (χ1) is 9.63. The highest BCUT2D eigenvalue weighted by Crippen LogP contribution is 2.30. The summed E-state index contributed by atoms with van der Waals surface area (Å²) in [6, 6.07) is 12.4. The third-order valence-corrected chi connectivity index (χ3v) is 3.09. The zero-order valence-electron chi connectivity index (χ0n) is 10.7. The highest BCUT2D eigenvalue weighted by molar-refractivity contribution is 9.10. The van der Waals surface area contributed by atoms with Gasteiger partial charge in [0.15, 0.2) is 5.84 Å². The second-order valence-electron chi connectivity index (χ2n) is 3.91. The molecule has 0 atom stereocenters. The van der Waals surface area contributed by atoms with Crippen molar-refractivity contribution in [2.24, 2.45) is 10.9 Å². The molecule has 2 rings (SSSR count). The van der Waals surface area contributed by atoms with Gasteiger partial charge in [-0.2, -0.15) is 0 Å². The predicted molar refractivity (Wildman–Crippen MR) is 79.7 cm³/mol. The van der Waals surface area contributed by atoms with Crippen LogP contribution in [0.3, 0.4) is 0 Å². The van der Waals surface area contributed by atoms with Gasteiger partial charge in [-0.3, -0.25) is 0 Å². The summed E-state index contributed by atoms with van der Waals surface area (Å²) in [5.74, 6) is 1.65. The van der Waals surface area contributed by atoms with E-state index in [0.717, 1.165) is 4.47 Å². The molecule has 0 aliphatic rings. The third-order valence-electron chi connectivity index (χ3n) is 2.60. The zero-order chi connectivity index (χ0) is 14.5. The van der Waals surface area contributed by atoms with Gasteiger partial charge in [-0.1, -0.05) is 27.2 Å². The van der Waals surface area contributed by atoms with Crippen molar-refractivity contribution in [1.29, 1.82) is 0 Å². The highest BCUT2D eigenvalue weighted by atomic mass is 79.9. The first-order valence-electron chi connectivity index (χ1n) is 5.73. The summed E-state index contributed by atoms with van der Waals surface area (Å²) in [4.78, 5) is 0. The minimum absolute atomic E-state index is 0.0300. The van der Waals surface area contributed by atoms with Gasteiger partial charge in [-0.25, -0.2) is 0 Å². The molecule has 3 N–H and O–H groups in total. The Hall–Kier alpha value is -2.21. The molecule has 0 aromatic heterocycles. The Balaban J connectivity index is 2.42. The summed E-state index contributed by atoms with van der Waals surface area (Å²) in [5, 5.41) is 11.8. The van der Waals surface area contributed by atoms with Gasteiger partial charge in [0.1, 0.15) is 17.2 Å². The van der Waals surface area contributed by atoms with Gasteiger partial charge in [0.25, 0.3) is 0 Å². The van der Waals surface area contributed by atoms with Crippen molar-refractivity contribution in [2.45, 2.75) is 0 Å². The van der Waals surface area contributed by atoms with Crippen molar-refractivity contribution in [3.05, 3.63) is 52.5 Å². The molecule has 0 amide bonds. The fraction of sp³-hybridized carbons (Fsp3) is 0.0714. The van der Waals surface area contributed by atoms with E-state index < -0.39 is 0 Å². The van der Waals surface area contributed by atoms with Crippen LogP contribution in [0.1, 0.15) is 5.56 Å². The van der Waals surface area contributed by atoms with Gasteiger partial charge in [-0.05, 0) is 30.3 Å². The lowest BCUT2D eigenvalue weighted by atomic mass is 10.1. The van der Waals surface area contributed by atoms with Crippen molar-refractivity contribution in [1.82, 2.24) is 0 Å². The molecule has 0 aliphatic heterocycles. The third kappa shape index (κ3) is 3.21. The molecule has 0 saturated carbocycles. The van der Waals surface area contributed by atoms with Gasteiger partial charge in [0.05, 0.1) is 12.7 Å². The van der Waals surface area contributed by atoms with Crippen LogP contribution in [0.15, 0.2) is 52.1 Å². The molecule has 6 heteroatoms. The Labute approximate surface area is 124 Å². The molecule has 0 saturated heterocycles. The van der Waals surface area contributed by atoms with E-state index in [1.165, 1.54) is 0 Å². The van der Waals surface area contributed by atoms with Crippen LogP contribution in [0.5, 0.6) is 17.2 Å². The van der Waals surface area contributed by atoms with Crippen LogP contribution >= 0.6 is 15.9 Å². The fourth-order valence-corrected chi connectivity index (χ4v) is 2.02. The number of benzene rings is 2. The van der Waals surface area contributed by atoms with Gasteiger partial charge in [0, 0.05) is 10.5 Å². The van der Waals surface area contributed by atoms with Crippen LogP contribution in [-0.2, 0) is 0 Å². The average molecular weight is 337 g/mol. The maximum atomic E-state index is 8.82. The second-order valence-corrected chi connectivity index (χ2v) is 4.82. The minimum Gasteiger partial charge on any atom is -0.497 e. The number of amidine groups is 1. The molecule has 0 fully saturated rings. The summed E-state index contributed by atoms with van der Waals surface area (Å²) < 4.78 is 11.8. The monoisotopic (exact) mass is 336 g/mol. The molecule has 2 aromatic rings. The summed E-state index contributed by atoms with van der Waals surface area (Å²) in [6.07, 6.45) is 0. The predicted octanol–water partition coefficient (Wildman–Crippen LogP) is 3.34. The fourth-order valence-electron chi connectivity index (χ4n) is 1.64. The molecule has 0 unspecified atom stereocenters. The number of nitrogens with two attached hydrogens (primary N) is 1. The van der Waals surface area contributed by atoms with Crippen LogP contribution in [0.25, 0.3) is 0 Å². The molecule has 0 radical (unpaired) electrons. The van der Waals surface area contributed by atoms with Gasteiger partial charge >= 0.3 is 0 Å². The zero-order valence-corrected chi connectivity index (χ0v) is 12.3. The van der Waals surface area contributed by atoms with E-state index in [-0.39, 0.29) is 5.84 Å². The number of nitrogens with zero attached hydrogens (tertiary/aromatic N) is 1. The second kappa shape index (κ2) is 6.29. The van der Waals surface area contributed by atoms with Gasteiger partial charge in [-0.15, -0.1) is 0 Å². The molecule has 2 aromatic carbocycles. The summed E-state index contributed by atoms with van der Waals surface area (Å²) in [5.41, 5.74) is 6.12. The molecule has 5 nitrogen and oxygen atoms in total. The largest absolute Gasteiger partial charge is 0.497 e. The van der Waals surface area contributed by atoms with Gasteiger partial charge < -0.3 is 20.4 Å². The SMILES string of the molecule is COc1ccc(/C(N)=N/O)c(Oc2cccc(Br)c2)c1. The van der Waals surface area contributed by atoms with E-state index >= 15 is 0 Å². The maximum Gasteiger partial charge on any atom is 0.173 e. The smallest absolute Gasteiger partial charge is 0.173 e. The first-order valence-corrected chi connectivity index (χ1v) is 6.52. The number of methoxy groups -OCH3 is 1. The summed E-state index contributed by atoms with van der Waals surface area (Å²) >= 11 is 3.37. The van der Waals surface area contributed by atoms with Crippen molar-refractivity contribution < 1.29 is 14.7 Å². The Bertz CT molecular complexity index is 644. The molecule has 104 valence electrons. The van der Waals surface area contributed by atoms with Crippen LogP contribution in [0.2, 0.25) is 0 Å². The maximum absolute atomic E-state index is 8.82. The number of oxime groups is 1. The van der Waals surface area contributed by atoms with Crippen LogP contribution in [0, 0.1) is 0 Å². The molecule has 0 spiro atoms. The Morgan fingerprint density at radius 2 is 2.00 bits per heavy atom. The molecular weight excluding hydrogens is 324 g/mol. The number of hydrogen-bond acceptors (Lipinski definition) is 4. The van der Waals surface area contributed by atoms with E-state index in [2.05, 4.69) is 21.1 Å². The normalized spacial score (nSPS) is 11.2. The number of rotatable bonds is 4. The lowest BCUT2D eigenvalue weighted by Crippen LogP contribution is -2.14. The van der Waals surface area contributed by atoms with Gasteiger partial charge in [0.2, 0.25) is 0 Å². The molecule has 0 heterocycles. The van der Waals surface area contributed by atoms with E-state index in [9.17, 15) is 0 Å². The Morgan fingerprint density at radius 3 is 2.65 bits per heavy atom. The molecule has 20 heavy (non-hydrogen) atoms. The molecule has 0 aliphatic carbocycles. The van der Waals surface area contributed by atoms with Crippen molar-refractivity contribution in [3.8, 4) is 17.2 Å². The topological polar surface area (TPSA) is 77.1 Å². The quantitative estimate of drug-likeness (QED) is 0.388. The Kier molecular flexibility index (Phi) is 4.47. The van der Waals surface area contributed by atoms with Crippen LogP contribution < -0.4 is 15.2 Å². The lowest BCUT2D eigenvalue weighted by molar-refractivity contribution is 0.318. The van der Waals surface area contributed by atoms with Crippen molar-refractivity contribution in [2.75, 3.05) is 7.11 Å². The first kappa shape index (κ1) is 14.2. The number of halogens is 1. The van der Waals surface area contributed by atoms with E-state index in [0.29, 0.717) is 22.8 Å². The number of hydrogen-bond donors (Lipinski definition) is 2. The standard InChI is InChI=1S/C14H13BrN2O3/c1-19-10-5-6-12(14(16)17-18)13(8-10)20-11-4-2-3-9(15)7-11/h2-8,18H,1H3,(H2,16,17). The molecule has 0 bridgehead atoms. The van der Waals surface area contributed by atoms with Crippen molar-refractivity contribution in [3.63, 3.8) is 0 Å². The Morgan fingerprint density at radius 1 is 1.20 bits per heavy atom. The van der Waals surface area contributed by atoms with Crippen LogP contribution in [-0.4, -0.2) is 18.2 Å². The average Bonchev–Trinajstić information content (AvgIpc) is 2.46. The number of ether oxygens (including phenoxy) is 2.